The molecule has 0 heterocycles. The number of carboxylic acids is 2. The first-order valence-electron chi connectivity index (χ1n) is 11.5. The van der Waals surface area contributed by atoms with Gasteiger partial charge in [-0.3, -0.25) is 24.0 Å². The van der Waals surface area contributed by atoms with Crippen molar-refractivity contribution in [3.8, 4) is 0 Å². The van der Waals surface area contributed by atoms with Crippen molar-refractivity contribution in [2.45, 2.75) is 76.1 Å². The van der Waals surface area contributed by atoms with Crippen LogP contribution in [0.4, 0.5) is 0 Å². The summed E-state index contributed by atoms with van der Waals surface area (Å²) < 4.78 is 4.58. The number of carboxylic acid groups (broad SMARTS) is 2. The van der Waals surface area contributed by atoms with Crippen molar-refractivity contribution in [2.75, 3.05) is 25.2 Å². The molecule has 3 unspecified atom stereocenters. The van der Waals surface area contributed by atoms with Crippen LogP contribution in [0.25, 0.3) is 0 Å². The highest BCUT2D eigenvalue weighted by Crippen LogP contribution is 2.12. The molecule has 3 atom stereocenters. The van der Waals surface area contributed by atoms with Gasteiger partial charge in [0.25, 0.3) is 0 Å². The Labute approximate surface area is 225 Å². The molecular weight excluding hydrogens is 528 g/mol. The van der Waals surface area contributed by atoms with Gasteiger partial charge in [0, 0.05) is 24.9 Å². The number of aliphatic carboxylic acids is 2. The third-order valence-electron chi connectivity index (χ3n) is 4.12. The Morgan fingerprint density at radius 2 is 1.41 bits per heavy atom. The molecule has 37 heavy (non-hydrogen) atoms. The number of carbonyl (C=O) groups is 6. The quantitative estimate of drug-likeness (QED) is 0.134. The van der Waals surface area contributed by atoms with E-state index in [1.54, 1.807) is 11.8 Å². The molecular formula is C22H40N4O9S2. The van der Waals surface area contributed by atoms with E-state index in [9.17, 15) is 28.8 Å². The molecule has 15 heteroatoms. The zero-order chi connectivity index (χ0) is 29.1. The molecule has 0 aromatic rings. The lowest BCUT2D eigenvalue weighted by molar-refractivity contribution is -0.144. The fourth-order valence-corrected chi connectivity index (χ4v) is 3.89. The van der Waals surface area contributed by atoms with Gasteiger partial charge in [-0.1, -0.05) is 27.7 Å². The van der Waals surface area contributed by atoms with E-state index >= 15 is 0 Å². The third-order valence-corrected chi connectivity index (χ3v) is 6.51. The monoisotopic (exact) mass is 568 g/mol. The summed E-state index contributed by atoms with van der Waals surface area (Å²) in [5.41, 5.74) is 5.31. The molecule has 0 aliphatic carbocycles. The van der Waals surface area contributed by atoms with Crippen LogP contribution in [0.15, 0.2) is 0 Å². The van der Waals surface area contributed by atoms with Crippen LogP contribution in [0.3, 0.4) is 0 Å². The summed E-state index contributed by atoms with van der Waals surface area (Å²) >= 11 is 3.04. The maximum atomic E-state index is 11.9. The third kappa shape index (κ3) is 21.3. The Morgan fingerprint density at radius 3 is 1.81 bits per heavy atom. The molecule has 13 nitrogen and oxygen atoms in total. The van der Waals surface area contributed by atoms with E-state index in [1.807, 2.05) is 27.7 Å². The van der Waals surface area contributed by atoms with Crippen LogP contribution in [0.5, 0.6) is 0 Å². The minimum Gasteiger partial charge on any atom is -0.480 e. The molecule has 0 aromatic heterocycles. The molecule has 0 saturated carbocycles. The largest absolute Gasteiger partial charge is 0.480 e. The molecule has 0 aliphatic rings. The molecule has 0 radical (unpaired) electrons. The topological polar surface area (TPSA) is 214 Å². The number of carbonyl (C=O) groups excluding carboxylic acids is 4. The van der Waals surface area contributed by atoms with Crippen molar-refractivity contribution in [1.82, 2.24) is 16.0 Å². The van der Waals surface area contributed by atoms with Gasteiger partial charge in [0.15, 0.2) is 0 Å². The first-order valence-corrected chi connectivity index (χ1v) is 13.6. The second-order valence-electron chi connectivity index (χ2n) is 8.26. The van der Waals surface area contributed by atoms with E-state index in [4.69, 9.17) is 15.9 Å². The van der Waals surface area contributed by atoms with Crippen LogP contribution >= 0.6 is 23.5 Å². The maximum absolute atomic E-state index is 11.9. The summed E-state index contributed by atoms with van der Waals surface area (Å²) in [6.45, 7) is 8.76. The summed E-state index contributed by atoms with van der Waals surface area (Å²) in [6.07, 6.45) is -0.190. The van der Waals surface area contributed by atoms with E-state index < -0.39 is 54.4 Å². The van der Waals surface area contributed by atoms with Crippen molar-refractivity contribution in [2.24, 2.45) is 5.73 Å². The highest BCUT2D eigenvalue weighted by atomic mass is 32.2. The summed E-state index contributed by atoms with van der Waals surface area (Å²) in [5.74, 6) is -3.30. The van der Waals surface area contributed by atoms with Crippen LogP contribution in [-0.2, 0) is 33.5 Å². The highest BCUT2D eigenvalue weighted by Gasteiger charge is 2.23. The average molecular weight is 569 g/mol. The number of nitrogens with two attached hydrogens (primary N) is 1. The van der Waals surface area contributed by atoms with Crippen LogP contribution < -0.4 is 21.7 Å². The van der Waals surface area contributed by atoms with E-state index in [1.165, 1.54) is 25.8 Å². The van der Waals surface area contributed by atoms with E-state index in [2.05, 4.69) is 20.7 Å². The molecule has 7 N–H and O–H groups in total. The molecule has 0 rings (SSSR count). The minimum absolute atomic E-state index is 0.0536. The van der Waals surface area contributed by atoms with Gasteiger partial charge in [0.1, 0.15) is 24.7 Å². The average Bonchev–Trinajstić information content (AvgIpc) is 2.80. The summed E-state index contributed by atoms with van der Waals surface area (Å²) in [7, 11) is 1.32. The Hall–Kier alpha value is -2.52. The first-order chi connectivity index (χ1) is 17.1. The molecule has 0 fully saturated rings. The number of hydrogen-bond donors (Lipinski definition) is 6. The van der Waals surface area contributed by atoms with Gasteiger partial charge in [-0.05, 0) is 16.9 Å². The second kappa shape index (κ2) is 20.5. The Kier molecular flexibility index (Phi) is 20.3. The van der Waals surface area contributed by atoms with Gasteiger partial charge in [-0.15, -0.1) is 0 Å². The van der Waals surface area contributed by atoms with E-state index in [-0.39, 0.29) is 29.8 Å². The van der Waals surface area contributed by atoms with E-state index in [0.717, 1.165) is 0 Å². The smallest absolute Gasteiger partial charge is 0.329 e. The van der Waals surface area contributed by atoms with Gasteiger partial charge in [0.05, 0.1) is 7.11 Å². The predicted octanol–water partition coefficient (Wildman–Crippen LogP) is -0.189. The molecule has 0 saturated heterocycles. The minimum atomic E-state index is -1.20. The van der Waals surface area contributed by atoms with Crippen LogP contribution in [-0.4, -0.2) is 99.6 Å². The van der Waals surface area contributed by atoms with E-state index in [0.29, 0.717) is 11.0 Å². The van der Waals surface area contributed by atoms with Crippen molar-refractivity contribution in [3.05, 3.63) is 0 Å². The molecule has 214 valence electrons. The lowest BCUT2D eigenvalue weighted by Gasteiger charge is -2.19. The molecule has 0 bridgehead atoms. The summed E-state index contributed by atoms with van der Waals surface area (Å²) in [6, 6.07) is -2.58. The maximum Gasteiger partial charge on any atom is 0.329 e. The predicted molar refractivity (Wildman–Crippen MR) is 142 cm³/mol. The Bertz CT molecular complexity index is 766. The SMILES string of the molecule is CC(C)SCC(NC(=O)CCC(N)C(=O)O)C(=O)NCC(=O)O.COC(=O)C(CSC(C)C)NC(C)=O. The van der Waals surface area contributed by atoms with Gasteiger partial charge in [-0.2, -0.15) is 23.5 Å². The van der Waals surface area contributed by atoms with Crippen molar-refractivity contribution in [3.63, 3.8) is 0 Å². The van der Waals surface area contributed by atoms with Crippen LogP contribution in [0, 0.1) is 0 Å². The van der Waals surface area contributed by atoms with Gasteiger partial charge < -0.3 is 36.6 Å². The van der Waals surface area contributed by atoms with Crippen LogP contribution in [0.2, 0.25) is 0 Å². The lowest BCUT2D eigenvalue weighted by atomic mass is 10.1. The fourth-order valence-electron chi connectivity index (χ4n) is 2.28. The number of methoxy groups -OCH3 is 1. The highest BCUT2D eigenvalue weighted by molar-refractivity contribution is 8.00. The molecule has 0 spiro atoms. The van der Waals surface area contributed by atoms with Gasteiger partial charge in [0.2, 0.25) is 17.7 Å². The number of ether oxygens (including phenoxy) is 1. The molecule has 0 aliphatic heterocycles. The molecule has 0 aromatic carbocycles. The number of rotatable bonds is 16. The fraction of sp³-hybridized carbons (Fsp3) is 0.727. The van der Waals surface area contributed by atoms with Crippen molar-refractivity contribution in [1.29, 1.82) is 0 Å². The van der Waals surface area contributed by atoms with Gasteiger partial charge >= 0.3 is 17.9 Å². The first kappa shape index (κ1) is 36.6. The number of nitrogens with one attached hydrogen (secondary N) is 3. The number of hydrogen-bond acceptors (Lipinski definition) is 10. The van der Waals surface area contributed by atoms with Gasteiger partial charge in [-0.25, -0.2) is 4.79 Å². The van der Waals surface area contributed by atoms with Crippen molar-refractivity contribution < 1.29 is 43.7 Å². The molecule has 3 amide bonds. The van der Waals surface area contributed by atoms with Crippen molar-refractivity contribution >= 4 is 59.2 Å². The summed E-state index contributed by atoms with van der Waals surface area (Å²) in [5, 5.41) is 25.1. The number of esters is 1. The number of thioether (sulfide) groups is 2. The zero-order valence-electron chi connectivity index (χ0n) is 22.1. The summed E-state index contributed by atoms with van der Waals surface area (Å²) in [4.78, 5) is 66.8. The second-order valence-corrected chi connectivity index (χ2v) is 11.5. The Balaban J connectivity index is 0. The lowest BCUT2D eigenvalue weighted by Crippen LogP contribution is -2.49. The number of amides is 3. The zero-order valence-corrected chi connectivity index (χ0v) is 23.7. The standard InChI is InChI=1S/C13H23N3O6S.C9H17NO3S/c1-7(2)23-6-9(12(20)15-5-11(18)19)16-10(17)4-3-8(14)13(21)22;1-6(2)14-5-8(9(12)13-4)10-7(3)11/h7-9H,3-6,14H2,1-2H3,(H,15,20)(H,16,17)(H,18,19)(H,21,22);6,8H,5H2,1-4H3,(H,10,11). The normalized spacial score (nSPS) is 12.9. The Morgan fingerprint density at radius 1 is 0.892 bits per heavy atom. The van der Waals surface area contributed by atoms with Crippen LogP contribution in [0.1, 0.15) is 47.5 Å².